The minimum atomic E-state index is 0.648. The maximum absolute atomic E-state index is 5.81. The molecule has 0 aliphatic heterocycles. The first kappa shape index (κ1) is 14.4. The maximum atomic E-state index is 5.81. The molecule has 0 radical (unpaired) electrons. The van der Waals surface area contributed by atoms with E-state index in [0.717, 1.165) is 22.5 Å². The van der Waals surface area contributed by atoms with E-state index in [1.54, 1.807) is 0 Å². The second kappa shape index (κ2) is 7.59. The van der Waals surface area contributed by atoms with Gasteiger partial charge in [-0.1, -0.05) is 49.0 Å². The van der Waals surface area contributed by atoms with E-state index in [1.165, 1.54) is 25.7 Å². The summed E-state index contributed by atoms with van der Waals surface area (Å²) in [6, 6.07) is 5.71. The van der Waals surface area contributed by atoms with Crippen LogP contribution in [0, 0.1) is 5.92 Å². The summed E-state index contributed by atoms with van der Waals surface area (Å²) in [5.41, 5.74) is 6.50. The molecule has 96 valence electrons. The fourth-order valence-corrected chi connectivity index (χ4v) is 2.27. The number of hydrogen-bond donors (Lipinski definition) is 1. The van der Waals surface area contributed by atoms with Crippen LogP contribution in [0.5, 0.6) is 5.75 Å². The molecule has 0 aromatic heterocycles. The van der Waals surface area contributed by atoms with Gasteiger partial charge in [-0.15, -0.1) is 0 Å². The van der Waals surface area contributed by atoms with Crippen molar-refractivity contribution >= 4 is 21.6 Å². The third-order valence-electron chi connectivity index (χ3n) is 2.92. The Morgan fingerprint density at radius 3 is 2.65 bits per heavy atom. The highest BCUT2D eigenvalue weighted by Gasteiger charge is 2.07. The van der Waals surface area contributed by atoms with Crippen LogP contribution in [0.2, 0.25) is 0 Å². The van der Waals surface area contributed by atoms with Gasteiger partial charge in [0.05, 0.1) is 6.61 Å². The summed E-state index contributed by atoms with van der Waals surface area (Å²) in [5.74, 6) is 1.50. The highest BCUT2D eigenvalue weighted by atomic mass is 79.9. The number of benzene rings is 1. The number of rotatable bonds is 7. The maximum Gasteiger partial charge on any atom is 0.122 e. The summed E-state index contributed by atoms with van der Waals surface area (Å²) >= 11 is 3.42. The van der Waals surface area contributed by atoms with Gasteiger partial charge in [0.2, 0.25) is 0 Å². The van der Waals surface area contributed by atoms with Crippen molar-refractivity contribution in [3.8, 4) is 5.75 Å². The molecule has 2 nitrogen and oxygen atoms in total. The first-order valence-electron chi connectivity index (χ1n) is 6.34. The quantitative estimate of drug-likeness (QED) is 0.745. The van der Waals surface area contributed by atoms with E-state index in [9.17, 15) is 0 Å². The van der Waals surface area contributed by atoms with Gasteiger partial charge in [0.1, 0.15) is 5.75 Å². The van der Waals surface area contributed by atoms with Crippen LogP contribution in [0.4, 0.5) is 5.69 Å². The van der Waals surface area contributed by atoms with Crippen molar-refractivity contribution in [2.24, 2.45) is 5.92 Å². The highest BCUT2D eigenvalue weighted by molar-refractivity contribution is 9.10. The van der Waals surface area contributed by atoms with Gasteiger partial charge in [0.15, 0.2) is 0 Å². The van der Waals surface area contributed by atoms with E-state index in [0.29, 0.717) is 5.92 Å². The monoisotopic (exact) mass is 299 g/mol. The zero-order valence-electron chi connectivity index (χ0n) is 10.7. The van der Waals surface area contributed by atoms with Gasteiger partial charge < -0.3 is 10.5 Å². The van der Waals surface area contributed by atoms with Crippen LogP contribution in [0.1, 0.15) is 39.5 Å². The second-order valence-electron chi connectivity index (χ2n) is 4.45. The normalized spacial score (nSPS) is 12.4. The number of anilines is 1. The molecule has 0 spiro atoms. The Morgan fingerprint density at radius 1 is 1.29 bits per heavy atom. The molecule has 0 fully saturated rings. The van der Waals surface area contributed by atoms with E-state index < -0.39 is 0 Å². The second-order valence-corrected chi connectivity index (χ2v) is 5.36. The topological polar surface area (TPSA) is 35.2 Å². The number of nitrogen functional groups attached to an aromatic ring is 1. The first-order valence-corrected chi connectivity index (χ1v) is 7.13. The molecule has 0 bridgehead atoms. The zero-order chi connectivity index (χ0) is 12.7. The van der Waals surface area contributed by atoms with Crippen LogP contribution in [0.3, 0.4) is 0 Å². The predicted molar refractivity (Wildman–Crippen MR) is 77.4 cm³/mol. The SMILES string of the molecule is CCCCC(CC)COc1cc(N)cc(Br)c1. The third-order valence-corrected chi connectivity index (χ3v) is 3.38. The summed E-state index contributed by atoms with van der Waals surface area (Å²) in [7, 11) is 0. The van der Waals surface area contributed by atoms with Crippen molar-refractivity contribution < 1.29 is 4.74 Å². The smallest absolute Gasteiger partial charge is 0.122 e. The Hall–Kier alpha value is -0.700. The molecule has 0 amide bonds. The van der Waals surface area contributed by atoms with Gasteiger partial charge in [-0.05, 0) is 24.5 Å². The molecule has 1 aromatic rings. The molecule has 2 N–H and O–H groups in total. The van der Waals surface area contributed by atoms with Crippen LogP contribution in [-0.2, 0) is 0 Å². The van der Waals surface area contributed by atoms with Crippen molar-refractivity contribution in [3.63, 3.8) is 0 Å². The Kier molecular flexibility index (Phi) is 6.41. The van der Waals surface area contributed by atoms with E-state index in [-0.39, 0.29) is 0 Å². The van der Waals surface area contributed by atoms with Gasteiger partial charge in [-0.3, -0.25) is 0 Å². The summed E-state index contributed by atoms with van der Waals surface area (Å²) in [6.45, 7) is 5.23. The molecular weight excluding hydrogens is 278 g/mol. The summed E-state index contributed by atoms with van der Waals surface area (Å²) in [4.78, 5) is 0. The highest BCUT2D eigenvalue weighted by Crippen LogP contribution is 2.24. The molecule has 1 rings (SSSR count). The van der Waals surface area contributed by atoms with Gasteiger partial charge in [-0.2, -0.15) is 0 Å². The largest absolute Gasteiger partial charge is 0.493 e. The van der Waals surface area contributed by atoms with Gasteiger partial charge in [-0.25, -0.2) is 0 Å². The molecule has 17 heavy (non-hydrogen) atoms. The van der Waals surface area contributed by atoms with Crippen molar-refractivity contribution in [2.75, 3.05) is 12.3 Å². The molecule has 0 heterocycles. The number of halogens is 1. The fourth-order valence-electron chi connectivity index (χ4n) is 1.78. The van der Waals surface area contributed by atoms with Crippen LogP contribution < -0.4 is 10.5 Å². The average molecular weight is 300 g/mol. The minimum Gasteiger partial charge on any atom is -0.493 e. The zero-order valence-corrected chi connectivity index (χ0v) is 12.3. The molecule has 0 aliphatic rings. The van der Waals surface area contributed by atoms with Gasteiger partial charge >= 0.3 is 0 Å². The lowest BCUT2D eigenvalue weighted by molar-refractivity contribution is 0.233. The molecule has 1 aromatic carbocycles. The number of unbranched alkanes of at least 4 members (excludes halogenated alkanes) is 1. The molecule has 0 aliphatic carbocycles. The molecule has 1 atom stereocenters. The van der Waals surface area contributed by atoms with E-state index in [4.69, 9.17) is 10.5 Å². The van der Waals surface area contributed by atoms with Crippen LogP contribution in [-0.4, -0.2) is 6.61 Å². The standard InChI is InChI=1S/C14H22BrNO/c1-3-5-6-11(4-2)10-17-14-8-12(15)7-13(16)9-14/h7-9,11H,3-6,10,16H2,1-2H3. The lowest BCUT2D eigenvalue weighted by Gasteiger charge is -2.16. The first-order chi connectivity index (χ1) is 8.15. The van der Waals surface area contributed by atoms with Crippen molar-refractivity contribution in [1.82, 2.24) is 0 Å². The number of ether oxygens (including phenoxy) is 1. The average Bonchev–Trinajstić information content (AvgIpc) is 2.28. The van der Waals surface area contributed by atoms with E-state index >= 15 is 0 Å². The minimum absolute atomic E-state index is 0.648. The molecule has 3 heteroatoms. The Morgan fingerprint density at radius 2 is 2.06 bits per heavy atom. The number of nitrogens with two attached hydrogens (primary N) is 1. The summed E-state index contributed by atoms with van der Waals surface area (Å²) in [6.07, 6.45) is 4.95. The summed E-state index contributed by atoms with van der Waals surface area (Å²) in [5, 5.41) is 0. The molecule has 1 unspecified atom stereocenters. The Labute approximate surface area is 113 Å². The van der Waals surface area contributed by atoms with Crippen molar-refractivity contribution in [3.05, 3.63) is 22.7 Å². The van der Waals surface area contributed by atoms with E-state index in [1.807, 2.05) is 18.2 Å². The fraction of sp³-hybridized carbons (Fsp3) is 0.571. The van der Waals surface area contributed by atoms with Crippen LogP contribution in [0.15, 0.2) is 22.7 Å². The predicted octanol–water partition coefficient (Wildman–Crippen LogP) is 4.63. The molecule has 0 saturated carbocycles. The molecular formula is C14H22BrNO. The summed E-state index contributed by atoms with van der Waals surface area (Å²) < 4.78 is 6.77. The van der Waals surface area contributed by atoms with E-state index in [2.05, 4.69) is 29.8 Å². The Balaban J connectivity index is 2.47. The van der Waals surface area contributed by atoms with Crippen molar-refractivity contribution in [1.29, 1.82) is 0 Å². The van der Waals surface area contributed by atoms with Gasteiger partial charge in [0, 0.05) is 16.2 Å². The van der Waals surface area contributed by atoms with Crippen molar-refractivity contribution in [2.45, 2.75) is 39.5 Å². The van der Waals surface area contributed by atoms with Crippen LogP contribution in [0.25, 0.3) is 0 Å². The van der Waals surface area contributed by atoms with Gasteiger partial charge in [0.25, 0.3) is 0 Å². The lowest BCUT2D eigenvalue weighted by atomic mass is 10.0. The Bertz CT molecular complexity index is 321. The molecule has 0 saturated heterocycles. The number of hydrogen-bond acceptors (Lipinski definition) is 2. The van der Waals surface area contributed by atoms with Crippen LogP contribution >= 0.6 is 15.9 Å². The lowest BCUT2D eigenvalue weighted by Crippen LogP contribution is -2.11. The third kappa shape index (κ3) is 5.44.